The second-order valence-corrected chi connectivity index (χ2v) is 6.85. The van der Waals surface area contributed by atoms with E-state index < -0.39 is 16.9 Å². The summed E-state index contributed by atoms with van der Waals surface area (Å²) in [5, 5.41) is 13.7. The molecule has 1 unspecified atom stereocenters. The average Bonchev–Trinajstić information content (AvgIpc) is 2.81. The van der Waals surface area contributed by atoms with E-state index in [1.54, 1.807) is 31.2 Å². The Bertz CT molecular complexity index is 990. The summed E-state index contributed by atoms with van der Waals surface area (Å²) in [4.78, 5) is 50.8. The van der Waals surface area contributed by atoms with Crippen LogP contribution >= 0.6 is 0 Å². The van der Waals surface area contributed by atoms with E-state index in [-0.39, 0.29) is 36.0 Å². The largest absolute Gasteiger partial charge is 0.332 e. The van der Waals surface area contributed by atoms with Gasteiger partial charge in [0.15, 0.2) is 0 Å². The molecule has 0 saturated heterocycles. The smallest absolute Gasteiger partial charge is 0.270 e. The summed E-state index contributed by atoms with van der Waals surface area (Å²) in [7, 11) is 1.46. The molecule has 1 N–H and O–H groups in total. The van der Waals surface area contributed by atoms with Crippen LogP contribution in [0, 0.1) is 10.1 Å². The van der Waals surface area contributed by atoms with E-state index in [4.69, 9.17) is 0 Å². The number of amides is 3. The second kappa shape index (κ2) is 8.09. The van der Waals surface area contributed by atoms with Crippen LogP contribution in [0.3, 0.4) is 0 Å². The first-order chi connectivity index (χ1) is 13.8. The van der Waals surface area contributed by atoms with Gasteiger partial charge in [-0.05, 0) is 25.1 Å². The van der Waals surface area contributed by atoms with Gasteiger partial charge in [0, 0.05) is 37.2 Å². The lowest BCUT2D eigenvalue weighted by molar-refractivity contribution is -0.384. The van der Waals surface area contributed by atoms with Crippen LogP contribution in [0.2, 0.25) is 0 Å². The number of carbonyl (C=O) groups excluding carboxylic acids is 3. The van der Waals surface area contributed by atoms with E-state index in [0.29, 0.717) is 11.4 Å². The normalized spacial score (nSPS) is 15.7. The Morgan fingerprint density at radius 1 is 1.24 bits per heavy atom. The van der Waals surface area contributed by atoms with Gasteiger partial charge in [0.2, 0.25) is 11.8 Å². The van der Waals surface area contributed by atoms with E-state index in [9.17, 15) is 24.5 Å². The van der Waals surface area contributed by atoms with Gasteiger partial charge in [0.25, 0.3) is 11.6 Å². The van der Waals surface area contributed by atoms with Crippen LogP contribution < -0.4 is 10.2 Å². The van der Waals surface area contributed by atoms with Crippen LogP contribution in [0.4, 0.5) is 17.1 Å². The number of likely N-dealkylation sites (N-methyl/N-ethyl adjacent to an activating group) is 1. The third-order valence-electron chi connectivity index (χ3n) is 4.65. The first-order valence-electron chi connectivity index (χ1n) is 8.99. The summed E-state index contributed by atoms with van der Waals surface area (Å²) >= 11 is 0. The van der Waals surface area contributed by atoms with E-state index in [1.165, 1.54) is 41.1 Å². The van der Waals surface area contributed by atoms with Crippen molar-refractivity contribution in [1.82, 2.24) is 4.90 Å². The average molecular weight is 396 g/mol. The number of hydrogen-bond acceptors (Lipinski definition) is 5. The first-order valence-corrected chi connectivity index (χ1v) is 8.99. The Morgan fingerprint density at radius 2 is 1.97 bits per heavy atom. The Kier molecular flexibility index (Phi) is 5.58. The van der Waals surface area contributed by atoms with Crippen molar-refractivity contribution < 1.29 is 19.3 Å². The number of para-hydroxylation sites is 2. The minimum atomic E-state index is -0.582. The van der Waals surface area contributed by atoms with Crippen LogP contribution in [0.25, 0.3) is 0 Å². The molecule has 2 aromatic rings. The topological polar surface area (TPSA) is 113 Å². The number of non-ortho nitro benzene ring substituents is 1. The summed E-state index contributed by atoms with van der Waals surface area (Å²) < 4.78 is 0. The molecule has 9 nitrogen and oxygen atoms in total. The molecule has 29 heavy (non-hydrogen) atoms. The second-order valence-electron chi connectivity index (χ2n) is 6.85. The van der Waals surface area contributed by atoms with Gasteiger partial charge < -0.3 is 15.1 Å². The summed E-state index contributed by atoms with van der Waals surface area (Å²) in [6, 6.07) is 11.9. The third kappa shape index (κ3) is 4.23. The molecule has 2 aromatic carbocycles. The van der Waals surface area contributed by atoms with E-state index in [1.807, 2.05) is 0 Å². The first kappa shape index (κ1) is 20.0. The van der Waals surface area contributed by atoms with E-state index in [2.05, 4.69) is 5.32 Å². The SMILES string of the molecule is CC1CC(=O)Nc2ccccc2N1C(=O)CN(C)C(=O)c1cccc([N+](=O)[O-])c1. The molecule has 0 spiro atoms. The molecule has 150 valence electrons. The van der Waals surface area contributed by atoms with Crippen molar-refractivity contribution in [2.24, 2.45) is 0 Å². The number of fused-ring (bicyclic) bond motifs is 1. The Balaban J connectivity index is 1.82. The molecule has 0 saturated carbocycles. The van der Waals surface area contributed by atoms with E-state index in [0.717, 1.165) is 0 Å². The molecule has 9 heteroatoms. The highest BCUT2D eigenvalue weighted by molar-refractivity contribution is 6.06. The van der Waals surface area contributed by atoms with Crippen molar-refractivity contribution >= 4 is 34.8 Å². The van der Waals surface area contributed by atoms with Crippen molar-refractivity contribution in [3.8, 4) is 0 Å². The molecular formula is C20H20N4O5. The third-order valence-corrected chi connectivity index (χ3v) is 4.65. The maximum atomic E-state index is 13.0. The number of benzene rings is 2. The van der Waals surface area contributed by atoms with E-state index >= 15 is 0 Å². The van der Waals surface area contributed by atoms with Crippen LogP contribution in [0.5, 0.6) is 0 Å². The molecule has 1 aliphatic rings. The quantitative estimate of drug-likeness (QED) is 0.630. The molecule has 0 aromatic heterocycles. The van der Waals surface area contributed by atoms with Gasteiger partial charge in [-0.15, -0.1) is 0 Å². The van der Waals surface area contributed by atoms with Crippen molar-refractivity contribution in [1.29, 1.82) is 0 Å². The highest BCUT2D eigenvalue weighted by Gasteiger charge is 2.30. The van der Waals surface area contributed by atoms with Gasteiger partial charge in [-0.25, -0.2) is 0 Å². The lowest BCUT2D eigenvalue weighted by atomic mass is 10.1. The van der Waals surface area contributed by atoms with Crippen LogP contribution in [-0.2, 0) is 9.59 Å². The summed E-state index contributed by atoms with van der Waals surface area (Å²) in [6.07, 6.45) is 0.128. The standard InChI is InChI=1S/C20H20N4O5/c1-13-10-18(25)21-16-8-3-4-9-17(16)23(13)19(26)12-22(2)20(27)14-6-5-7-15(11-14)24(28)29/h3-9,11,13H,10,12H2,1-2H3,(H,21,25). The molecule has 1 aliphatic heterocycles. The van der Waals surface area contributed by atoms with Gasteiger partial charge in [0.05, 0.1) is 16.3 Å². The fraction of sp³-hybridized carbons (Fsp3) is 0.250. The van der Waals surface area contributed by atoms with Crippen molar-refractivity contribution in [3.05, 3.63) is 64.2 Å². The molecule has 0 bridgehead atoms. The molecular weight excluding hydrogens is 376 g/mol. The van der Waals surface area contributed by atoms with Crippen molar-refractivity contribution in [3.63, 3.8) is 0 Å². The predicted molar refractivity (Wildman–Crippen MR) is 107 cm³/mol. The Hall–Kier alpha value is -3.75. The molecule has 0 radical (unpaired) electrons. The molecule has 3 amide bonds. The fourth-order valence-corrected chi connectivity index (χ4v) is 3.29. The monoisotopic (exact) mass is 396 g/mol. The maximum Gasteiger partial charge on any atom is 0.270 e. The number of nitro groups is 1. The minimum Gasteiger partial charge on any atom is -0.332 e. The van der Waals surface area contributed by atoms with Gasteiger partial charge in [-0.2, -0.15) is 0 Å². The van der Waals surface area contributed by atoms with Gasteiger partial charge in [-0.1, -0.05) is 18.2 Å². The molecule has 3 rings (SSSR count). The van der Waals surface area contributed by atoms with Gasteiger partial charge in [0.1, 0.15) is 6.54 Å². The molecule has 0 aliphatic carbocycles. The fourth-order valence-electron chi connectivity index (χ4n) is 3.29. The summed E-state index contributed by atoms with van der Waals surface area (Å²) in [5.74, 6) is -1.06. The number of nitro benzene ring substituents is 1. The Labute approximate surface area is 167 Å². The Morgan fingerprint density at radius 3 is 2.69 bits per heavy atom. The highest BCUT2D eigenvalue weighted by atomic mass is 16.6. The lowest BCUT2D eigenvalue weighted by Crippen LogP contribution is -2.45. The summed E-state index contributed by atoms with van der Waals surface area (Å²) in [5.41, 5.74) is 1.01. The summed E-state index contributed by atoms with van der Waals surface area (Å²) in [6.45, 7) is 1.52. The number of nitrogens with one attached hydrogen (secondary N) is 1. The minimum absolute atomic E-state index is 0.121. The lowest BCUT2D eigenvalue weighted by Gasteiger charge is -2.29. The number of nitrogens with zero attached hydrogens (tertiary/aromatic N) is 3. The number of rotatable bonds is 4. The van der Waals surface area contributed by atoms with Crippen LogP contribution in [0.1, 0.15) is 23.7 Å². The zero-order valence-corrected chi connectivity index (χ0v) is 16.0. The zero-order valence-electron chi connectivity index (χ0n) is 16.0. The molecule has 1 heterocycles. The number of anilines is 2. The zero-order chi connectivity index (χ0) is 21.1. The van der Waals surface area contributed by atoms with Crippen LogP contribution in [-0.4, -0.2) is 47.2 Å². The van der Waals surface area contributed by atoms with Gasteiger partial charge in [-0.3, -0.25) is 24.5 Å². The van der Waals surface area contributed by atoms with Crippen LogP contribution in [0.15, 0.2) is 48.5 Å². The molecule has 1 atom stereocenters. The number of carbonyl (C=O) groups is 3. The predicted octanol–water partition coefficient (Wildman–Crippen LogP) is 2.43. The number of hydrogen-bond donors (Lipinski definition) is 1. The highest BCUT2D eigenvalue weighted by Crippen LogP contribution is 2.31. The van der Waals surface area contributed by atoms with Crippen molar-refractivity contribution in [2.75, 3.05) is 23.8 Å². The molecule has 0 fully saturated rings. The maximum absolute atomic E-state index is 13.0. The van der Waals surface area contributed by atoms with Gasteiger partial charge >= 0.3 is 0 Å². The van der Waals surface area contributed by atoms with Crippen molar-refractivity contribution in [2.45, 2.75) is 19.4 Å².